The lowest BCUT2D eigenvalue weighted by Crippen LogP contribution is -2.13. The number of ether oxygens (including phenoxy) is 2. The molecule has 1 amide bonds. The summed E-state index contributed by atoms with van der Waals surface area (Å²) in [5.74, 6) is 0.885. The fourth-order valence-electron chi connectivity index (χ4n) is 1.58. The number of primary amides is 1. The average Bonchev–Trinajstić information content (AvgIpc) is 2.62. The Morgan fingerprint density at radius 2 is 2.43 bits per heavy atom. The molecule has 1 aliphatic rings. The molecule has 1 aromatic rings. The Hall–Kier alpha value is -1.71. The van der Waals surface area contributed by atoms with Crippen LogP contribution in [0.3, 0.4) is 0 Å². The molecule has 0 spiro atoms. The third kappa shape index (κ3) is 1.64. The van der Waals surface area contributed by atoms with E-state index in [1.807, 2.05) is 18.2 Å². The molecule has 0 radical (unpaired) electrons. The van der Waals surface area contributed by atoms with Gasteiger partial charge in [0.05, 0.1) is 6.61 Å². The van der Waals surface area contributed by atoms with Crippen molar-refractivity contribution in [1.82, 2.24) is 0 Å². The fraction of sp³-hybridized carbons (Fsp3) is 0.300. The molecule has 1 aromatic carbocycles. The standard InChI is InChI=1S/C10H11NO3/c11-10(12)14-6-7-2-1-3-9-8(7)4-5-13-9/h1-3H,4-6H2,(H2,11,12). The van der Waals surface area contributed by atoms with Gasteiger partial charge in [-0.15, -0.1) is 0 Å². The van der Waals surface area contributed by atoms with Crippen LogP contribution < -0.4 is 10.5 Å². The largest absolute Gasteiger partial charge is 0.493 e. The summed E-state index contributed by atoms with van der Waals surface area (Å²) < 4.78 is 10.1. The first kappa shape index (κ1) is 8.87. The number of benzene rings is 1. The number of hydrogen-bond donors (Lipinski definition) is 1. The molecule has 0 bridgehead atoms. The summed E-state index contributed by atoms with van der Waals surface area (Å²) in [7, 11) is 0. The van der Waals surface area contributed by atoms with Crippen LogP contribution >= 0.6 is 0 Å². The molecule has 1 heterocycles. The van der Waals surface area contributed by atoms with Crippen LogP contribution in [-0.4, -0.2) is 12.7 Å². The summed E-state index contributed by atoms with van der Waals surface area (Å²) in [4.78, 5) is 10.4. The monoisotopic (exact) mass is 193 g/mol. The zero-order chi connectivity index (χ0) is 9.97. The SMILES string of the molecule is NC(=O)OCc1cccc2c1CCO2. The summed E-state index contributed by atoms with van der Waals surface area (Å²) in [5.41, 5.74) is 6.98. The second kappa shape index (κ2) is 3.57. The summed E-state index contributed by atoms with van der Waals surface area (Å²) in [5, 5.41) is 0. The van der Waals surface area contributed by atoms with E-state index in [1.165, 1.54) is 0 Å². The van der Waals surface area contributed by atoms with Crippen molar-refractivity contribution < 1.29 is 14.3 Å². The van der Waals surface area contributed by atoms with Crippen LogP contribution in [0, 0.1) is 0 Å². The van der Waals surface area contributed by atoms with Crippen LogP contribution in [0.5, 0.6) is 5.75 Å². The molecule has 0 fully saturated rings. The minimum Gasteiger partial charge on any atom is -0.493 e. The maximum absolute atomic E-state index is 10.4. The van der Waals surface area contributed by atoms with Crippen molar-refractivity contribution in [2.24, 2.45) is 5.73 Å². The third-order valence-corrected chi connectivity index (χ3v) is 2.21. The van der Waals surface area contributed by atoms with Crippen molar-refractivity contribution in [2.45, 2.75) is 13.0 Å². The first-order valence-corrected chi connectivity index (χ1v) is 4.43. The Morgan fingerprint density at radius 1 is 1.57 bits per heavy atom. The summed E-state index contributed by atoms with van der Waals surface area (Å²) in [6, 6.07) is 5.70. The zero-order valence-electron chi connectivity index (χ0n) is 7.66. The number of hydrogen-bond acceptors (Lipinski definition) is 3. The van der Waals surface area contributed by atoms with Crippen LogP contribution in [-0.2, 0) is 17.8 Å². The number of amides is 1. The third-order valence-electron chi connectivity index (χ3n) is 2.21. The van der Waals surface area contributed by atoms with E-state index in [4.69, 9.17) is 15.2 Å². The summed E-state index contributed by atoms with van der Waals surface area (Å²) in [6.45, 7) is 0.921. The van der Waals surface area contributed by atoms with Crippen molar-refractivity contribution >= 4 is 6.09 Å². The topological polar surface area (TPSA) is 61.6 Å². The van der Waals surface area contributed by atoms with Gasteiger partial charge in [-0.3, -0.25) is 0 Å². The highest BCUT2D eigenvalue weighted by Crippen LogP contribution is 2.28. The molecule has 14 heavy (non-hydrogen) atoms. The first-order chi connectivity index (χ1) is 6.77. The van der Waals surface area contributed by atoms with E-state index in [1.54, 1.807) is 0 Å². The van der Waals surface area contributed by atoms with Crippen molar-refractivity contribution in [3.8, 4) is 5.75 Å². The zero-order valence-corrected chi connectivity index (χ0v) is 7.66. The lowest BCUT2D eigenvalue weighted by molar-refractivity contribution is 0.150. The van der Waals surface area contributed by atoms with Gasteiger partial charge in [-0.2, -0.15) is 0 Å². The fourth-order valence-corrected chi connectivity index (χ4v) is 1.58. The highest BCUT2D eigenvalue weighted by Gasteiger charge is 2.15. The van der Waals surface area contributed by atoms with Gasteiger partial charge in [0.1, 0.15) is 12.4 Å². The molecule has 2 N–H and O–H groups in total. The quantitative estimate of drug-likeness (QED) is 0.768. The molecule has 1 aliphatic heterocycles. The van der Waals surface area contributed by atoms with E-state index in [9.17, 15) is 4.79 Å². The maximum atomic E-state index is 10.4. The van der Waals surface area contributed by atoms with Gasteiger partial charge in [-0.25, -0.2) is 4.79 Å². The Bertz CT molecular complexity index is 362. The van der Waals surface area contributed by atoms with Gasteiger partial charge in [0.2, 0.25) is 0 Å². The van der Waals surface area contributed by atoms with E-state index < -0.39 is 6.09 Å². The van der Waals surface area contributed by atoms with Crippen molar-refractivity contribution in [2.75, 3.05) is 6.61 Å². The molecule has 0 aliphatic carbocycles. The van der Waals surface area contributed by atoms with Crippen LogP contribution in [0.2, 0.25) is 0 Å². The highest BCUT2D eigenvalue weighted by molar-refractivity contribution is 5.64. The van der Waals surface area contributed by atoms with Crippen molar-refractivity contribution in [1.29, 1.82) is 0 Å². The second-order valence-corrected chi connectivity index (χ2v) is 3.10. The second-order valence-electron chi connectivity index (χ2n) is 3.10. The molecule has 0 atom stereocenters. The minimum absolute atomic E-state index is 0.224. The number of rotatable bonds is 2. The van der Waals surface area contributed by atoms with Crippen LogP contribution in [0.1, 0.15) is 11.1 Å². The van der Waals surface area contributed by atoms with Gasteiger partial charge >= 0.3 is 6.09 Å². The summed E-state index contributed by atoms with van der Waals surface area (Å²) >= 11 is 0. The molecule has 0 saturated carbocycles. The maximum Gasteiger partial charge on any atom is 0.404 e. The van der Waals surface area contributed by atoms with E-state index in [0.29, 0.717) is 6.61 Å². The Labute approximate surface area is 81.6 Å². The van der Waals surface area contributed by atoms with Crippen molar-refractivity contribution in [3.63, 3.8) is 0 Å². The number of carbonyl (C=O) groups excluding carboxylic acids is 1. The van der Waals surface area contributed by atoms with Crippen LogP contribution in [0.25, 0.3) is 0 Å². The molecule has 0 saturated heterocycles. The van der Waals surface area contributed by atoms with E-state index >= 15 is 0 Å². The predicted molar refractivity (Wildman–Crippen MR) is 50.0 cm³/mol. The van der Waals surface area contributed by atoms with E-state index in [0.717, 1.165) is 23.3 Å². The van der Waals surface area contributed by atoms with Gasteiger partial charge in [0.25, 0.3) is 0 Å². The Kier molecular flexibility index (Phi) is 2.26. The van der Waals surface area contributed by atoms with Gasteiger partial charge in [-0.05, 0) is 11.6 Å². The lowest BCUT2D eigenvalue weighted by Gasteiger charge is -2.06. The predicted octanol–water partition coefficient (Wildman–Crippen LogP) is 1.22. The number of carbonyl (C=O) groups is 1. The van der Waals surface area contributed by atoms with Crippen LogP contribution in [0.15, 0.2) is 18.2 Å². The molecule has 4 heteroatoms. The smallest absolute Gasteiger partial charge is 0.404 e. The van der Waals surface area contributed by atoms with E-state index in [2.05, 4.69) is 0 Å². The molecule has 74 valence electrons. The van der Waals surface area contributed by atoms with Gasteiger partial charge < -0.3 is 15.2 Å². The summed E-state index contributed by atoms with van der Waals surface area (Å²) in [6.07, 6.45) is 0.120. The number of fused-ring (bicyclic) bond motifs is 1. The molecule has 0 aromatic heterocycles. The van der Waals surface area contributed by atoms with Gasteiger partial charge in [0.15, 0.2) is 0 Å². The Morgan fingerprint density at radius 3 is 3.21 bits per heavy atom. The first-order valence-electron chi connectivity index (χ1n) is 4.43. The molecule has 4 nitrogen and oxygen atoms in total. The van der Waals surface area contributed by atoms with Gasteiger partial charge in [-0.1, -0.05) is 12.1 Å². The Balaban J connectivity index is 2.17. The van der Waals surface area contributed by atoms with E-state index in [-0.39, 0.29) is 6.61 Å². The average molecular weight is 193 g/mol. The number of nitrogens with two attached hydrogens (primary N) is 1. The van der Waals surface area contributed by atoms with Crippen molar-refractivity contribution in [3.05, 3.63) is 29.3 Å². The van der Waals surface area contributed by atoms with Crippen LogP contribution in [0.4, 0.5) is 4.79 Å². The normalized spacial score (nSPS) is 13.1. The lowest BCUT2D eigenvalue weighted by atomic mass is 10.1. The molecular weight excluding hydrogens is 182 g/mol. The minimum atomic E-state index is -0.749. The van der Waals surface area contributed by atoms with Gasteiger partial charge in [0, 0.05) is 12.0 Å². The highest BCUT2D eigenvalue weighted by atomic mass is 16.5. The molecule has 0 unspecified atom stereocenters. The molecular formula is C10H11NO3. The molecule has 2 rings (SSSR count).